The molecule has 0 saturated carbocycles. The van der Waals surface area contributed by atoms with Crippen LogP contribution in [0.3, 0.4) is 0 Å². The van der Waals surface area contributed by atoms with Crippen LogP contribution < -0.4 is 5.32 Å². The van der Waals surface area contributed by atoms with E-state index < -0.39 is 10.9 Å². The molecule has 0 bridgehead atoms. The highest BCUT2D eigenvalue weighted by molar-refractivity contribution is 7.98. The topological polar surface area (TPSA) is 92.5 Å². The average molecular weight is 298 g/mol. The maximum atomic E-state index is 11.1. The largest absolute Gasteiger partial charge is 0.478 e. The second kappa shape index (κ2) is 7.14. The van der Waals surface area contributed by atoms with Gasteiger partial charge in [-0.05, 0) is 25.7 Å². The molecule has 1 atom stereocenters. The number of thioether (sulfide) groups is 1. The van der Waals surface area contributed by atoms with E-state index in [1.807, 2.05) is 13.2 Å². The second-order valence-electron chi connectivity index (χ2n) is 4.44. The average Bonchev–Trinajstić information content (AvgIpc) is 2.39. The molecule has 110 valence electrons. The van der Waals surface area contributed by atoms with Crippen LogP contribution in [-0.2, 0) is 0 Å². The van der Waals surface area contributed by atoms with Crippen LogP contribution in [0.1, 0.15) is 29.3 Å². The lowest BCUT2D eigenvalue weighted by Crippen LogP contribution is -2.22. The Labute approximate surface area is 121 Å². The van der Waals surface area contributed by atoms with Gasteiger partial charge < -0.3 is 10.4 Å². The summed E-state index contributed by atoms with van der Waals surface area (Å²) in [6, 6.07) is 2.69. The summed E-state index contributed by atoms with van der Waals surface area (Å²) in [7, 11) is 0. The van der Waals surface area contributed by atoms with Crippen molar-refractivity contribution in [1.82, 2.24) is 0 Å². The minimum atomic E-state index is -1.17. The van der Waals surface area contributed by atoms with Gasteiger partial charge in [0, 0.05) is 29.1 Å². The Kier molecular flexibility index (Phi) is 5.82. The van der Waals surface area contributed by atoms with Crippen LogP contribution in [0.25, 0.3) is 0 Å². The van der Waals surface area contributed by atoms with Crippen molar-refractivity contribution in [1.29, 1.82) is 0 Å². The first-order valence-electron chi connectivity index (χ1n) is 6.18. The fraction of sp³-hybridized carbons (Fsp3) is 0.462. The van der Waals surface area contributed by atoms with E-state index in [2.05, 4.69) is 5.32 Å². The molecular weight excluding hydrogens is 280 g/mol. The normalized spacial score (nSPS) is 11.9. The molecule has 1 aromatic carbocycles. The maximum absolute atomic E-state index is 11.1. The first-order chi connectivity index (χ1) is 9.40. The summed E-state index contributed by atoms with van der Waals surface area (Å²) < 4.78 is 0. The quantitative estimate of drug-likeness (QED) is 0.593. The number of carboxylic acid groups (broad SMARTS) is 1. The summed E-state index contributed by atoms with van der Waals surface area (Å²) >= 11 is 1.67. The van der Waals surface area contributed by atoms with Gasteiger partial charge in [0.15, 0.2) is 0 Å². The number of carbonyl (C=O) groups is 1. The second-order valence-corrected chi connectivity index (χ2v) is 5.35. The molecule has 0 amide bonds. The van der Waals surface area contributed by atoms with E-state index in [0.29, 0.717) is 11.3 Å². The third-order valence-electron chi connectivity index (χ3n) is 3.04. The fourth-order valence-corrected chi connectivity index (χ4v) is 2.57. The van der Waals surface area contributed by atoms with Gasteiger partial charge in [-0.25, -0.2) is 4.79 Å². The Morgan fingerprint density at radius 2 is 2.20 bits per heavy atom. The zero-order chi connectivity index (χ0) is 15.3. The monoisotopic (exact) mass is 298 g/mol. The molecule has 6 nitrogen and oxygen atoms in total. The Balaban J connectivity index is 3.23. The van der Waals surface area contributed by atoms with Crippen molar-refractivity contribution in [2.45, 2.75) is 26.3 Å². The van der Waals surface area contributed by atoms with Gasteiger partial charge in [-0.2, -0.15) is 11.8 Å². The van der Waals surface area contributed by atoms with Crippen molar-refractivity contribution in [3.63, 3.8) is 0 Å². The summed E-state index contributed by atoms with van der Waals surface area (Å²) in [5, 5.41) is 23.3. The third kappa shape index (κ3) is 3.86. The Morgan fingerprint density at radius 1 is 1.55 bits per heavy atom. The molecule has 20 heavy (non-hydrogen) atoms. The van der Waals surface area contributed by atoms with Crippen molar-refractivity contribution >= 4 is 29.1 Å². The first-order valence-corrected chi connectivity index (χ1v) is 7.57. The molecular formula is C13H18N2O4S. The van der Waals surface area contributed by atoms with Crippen LogP contribution in [0.4, 0.5) is 11.4 Å². The van der Waals surface area contributed by atoms with Gasteiger partial charge >= 0.3 is 5.97 Å². The molecule has 0 aliphatic rings. The lowest BCUT2D eigenvalue weighted by atomic mass is 10.1. The summed E-state index contributed by atoms with van der Waals surface area (Å²) in [6.07, 6.45) is 2.83. The number of nitro groups is 1. The SMILES string of the molecule is CCC(CSC)Nc1cc(C(=O)O)cc([N+](=O)[O-])c1C. The van der Waals surface area contributed by atoms with Crippen molar-refractivity contribution in [2.75, 3.05) is 17.3 Å². The molecule has 7 heteroatoms. The van der Waals surface area contributed by atoms with Crippen molar-refractivity contribution in [2.24, 2.45) is 0 Å². The zero-order valence-corrected chi connectivity index (χ0v) is 12.5. The number of carboxylic acids is 1. The number of benzene rings is 1. The van der Waals surface area contributed by atoms with Gasteiger partial charge in [-0.3, -0.25) is 10.1 Å². The number of aromatic carboxylic acids is 1. The number of rotatable bonds is 7. The van der Waals surface area contributed by atoms with Crippen molar-refractivity contribution in [3.05, 3.63) is 33.4 Å². The van der Waals surface area contributed by atoms with E-state index in [9.17, 15) is 14.9 Å². The summed E-state index contributed by atoms with van der Waals surface area (Å²) in [6.45, 7) is 3.64. The summed E-state index contributed by atoms with van der Waals surface area (Å²) in [5.74, 6) is -0.324. The van der Waals surface area contributed by atoms with Crippen LogP contribution in [0.15, 0.2) is 12.1 Å². The number of nitrogens with one attached hydrogen (secondary N) is 1. The number of hydrogen-bond acceptors (Lipinski definition) is 5. The number of hydrogen-bond donors (Lipinski definition) is 2. The minimum absolute atomic E-state index is 0.0798. The molecule has 2 N–H and O–H groups in total. The first kappa shape index (κ1) is 16.3. The maximum Gasteiger partial charge on any atom is 0.336 e. The molecule has 0 aliphatic carbocycles. The molecule has 0 spiro atoms. The predicted molar refractivity (Wildman–Crippen MR) is 80.9 cm³/mol. The Hall–Kier alpha value is -1.76. The number of anilines is 1. The van der Waals surface area contributed by atoms with E-state index >= 15 is 0 Å². The van der Waals surface area contributed by atoms with Gasteiger partial charge in [0.25, 0.3) is 5.69 Å². The molecule has 0 heterocycles. The van der Waals surface area contributed by atoms with Crippen molar-refractivity contribution in [3.8, 4) is 0 Å². The van der Waals surface area contributed by atoms with E-state index in [4.69, 9.17) is 5.11 Å². The van der Waals surface area contributed by atoms with Gasteiger partial charge in [0.2, 0.25) is 0 Å². The van der Waals surface area contributed by atoms with Crippen LogP contribution in [-0.4, -0.2) is 34.0 Å². The van der Waals surface area contributed by atoms with Gasteiger partial charge in [-0.15, -0.1) is 0 Å². The highest BCUT2D eigenvalue weighted by Crippen LogP contribution is 2.29. The number of nitro benzene ring substituents is 1. The van der Waals surface area contributed by atoms with Crippen LogP contribution in [0, 0.1) is 17.0 Å². The van der Waals surface area contributed by atoms with E-state index in [-0.39, 0.29) is 17.3 Å². The predicted octanol–water partition coefficient (Wildman–Crippen LogP) is 3.15. The molecule has 0 aromatic heterocycles. The molecule has 0 aliphatic heterocycles. The molecule has 0 saturated heterocycles. The third-order valence-corrected chi connectivity index (χ3v) is 3.78. The standard InChI is InChI=1S/C13H18N2O4S/c1-4-10(7-20-3)14-11-5-9(13(16)17)6-12(8(11)2)15(18)19/h5-6,10,14H,4,7H2,1-3H3,(H,16,17). The molecule has 1 rings (SSSR count). The number of nitrogens with zero attached hydrogens (tertiary/aromatic N) is 1. The molecule has 1 unspecified atom stereocenters. The Bertz CT molecular complexity index is 519. The van der Waals surface area contributed by atoms with Crippen LogP contribution >= 0.6 is 11.8 Å². The molecule has 0 fully saturated rings. The summed E-state index contributed by atoms with van der Waals surface area (Å²) in [5.41, 5.74) is 0.715. The minimum Gasteiger partial charge on any atom is -0.478 e. The Morgan fingerprint density at radius 3 is 2.65 bits per heavy atom. The van der Waals surface area contributed by atoms with Gasteiger partial charge in [0.1, 0.15) is 0 Å². The van der Waals surface area contributed by atoms with Crippen molar-refractivity contribution < 1.29 is 14.8 Å². The zero-order valence-electron chi connectivity index (χ0n) is 11.7. The van der Waals surface area contributed by atoms with Gasteiger partial charge in [0.05, 0.1) is 10.5 Å². The smallest absolute Gasteiger partial charge is 0.336 e. The van der Waals surface area contributed by atoms with Crippen LogP contribution in [0.2, 0.25) is 0 Å². The molecule has 1 aromatic rings. The molecule has 0 radical (unpaired) electrons. The van der Waals surface area contributed by atoms with E-state index in [1.165, 1.54) is 6.07 Å². The van der Waals surface area contributed by atoms with E-state index in [0.717, 1.165) is 18.2 Å². The summed E-state index contributed by atoms with van der Waals surface area (Å²) in [4.78, 5) is 21.5. The fourth-order valence-electron chi connectivity index (χ4n) is 1.84. The highest BCUT2D eigenvalue weighted by atomic mass is 32.2. The van der Waals surface area contributed by atoms with E-state index in [1.54, 1.807) is 18.7 Å². The lowest BCUT2D eigenvalue weighted by Gasteiger charge is -2.19. The van der Waals surface area contributed by atoms with Gasteiger partial charge in [-0.1, -0.05) is 6.92 Å². The van der Waals surface area contributed by atoms with Crippen LogP contribution in [0.5, 0.6) is 0 Å². The lowest BCUT2D eigenvalue weighted by molar-refractivity contribution is -0.385. The highest BCUT2D eigenvalue weighted by Gasteiger charge is 2.20.